The number of piperidine rings is 1. The molecule has 1 aliphatic heterocycles. The van der Waals surface area contributed by atoms with Crippen molar-refractivity contribution in [3.8, 4) is 11.4 Å². The molecule has 1 amide bonds. The highest BCUT2D eigenvalue weighted by Crippen LogP contribution is 2.27. The van der Waals surface area contributed by atoms with Crippen molar-refractivity contribution in [2.75, 3.05) is 13.1 Å². The average Bonchev–Trinajstić information content (AvgIpc) is 3.45. The monoisotopic (exact) mass is 483 g/mol. The van der Waals surface area contributed by atoms with Crippen LogP contribution in [0.4, 0.5) is 13.2 Å². The Morgan fingerprint density at radius 1 is 1.30 bits per heavy atom. The molecule has 0 radical (unpaired) electrons. The normalized spacial score (nSPS) is 16.1. The molecule has 1 saturated heterocycles. The molecule has 176 valence electrons. The summed E-state index contributed by atoms with van der Waals surface area (Å²) in [7, 11) is 0. The van der Waals surface area contributed by atoms with Crippen LogP contribution in [-0.2, 0) is 4.79 Å². The summed E-state index contributed by atoms with van der Waals surface area (Å²) in [4.78, 5) is 50.0. The fourth-order valence-electron chi connectivity index (χ4n) is 3.30. The van der Waals surface area contributed by atoms with Crippen LogP contribution < -0.4 is 5.56 Å². The molecule has 1 fully saturated rings. The number of hydrogen-bond acceptors (Lipinski definition) is 6. The maximum atomic E-state index is 12.7. The van der Waals surface area contributed by atoms with Crippen molar-refractivity contribution in [2.24, 2.45) is 0 Å². The number of amides is 1. The summed E-state index contributed by atoms with van der Waals surface area (Å²) in [5.74, 6) is -1.87. The van der Waals surface area contributed by atoms with Crippen molar-refractivity contribution in [2.45, 2.75) is 31.9 Å². The Morgan fingerprint density at radius 3 is 2.61 bits per heavy atom. The number of carboxylic acids is 1. The first-order valence-corrected chi connectivity index (χ1v) is 10.7. The summed E-state index contributed by atoms with van der Waals surface area (Å²) in [6.45, 7) is 3.10. The number of imidazole rings is 1. The number of rotatable bonds is 3. The largest absolute Gasteiger partial charge is 0.490 e. The van der Waals surface area contributed by atoms with E-state index in [1.807, 2.05) is 23.8 Å². The summed E-state index contributed by atoms with van der Waals surface area (Å²) >= 11 is 1.56. The molecule has 13 heteroatoms. The first-order valence-electron chi connectivity index (χ1n) is 9.79. The predicted molar refractivity (Wildman–Crippen MR) is 113 cm³/mol. The van der Waals surface area contributed by atoms with E-state index < -0.39 is 12.1 Å². The summed E-state index contributed by atoms with van der Waals surface area (Å²) in [5, 5.41) is 11.0. The highest BCUT2D eigenvalue weighted by molar-refractivity contribution is 7.08. The molecule has 9 nitrogen and oxygen atoms in total. The minimum absolute atomic E-state index is 0.0449. The van der Waals surface area contributed by atoms with E-state index in [1.165, 1.54) is 0 Å². The van der Waals surface area contributed by atoms with Gasteiger partial charge in [-0.1, -0.05) is 0 Å². The lowest BCUT2D eigenvalue weighted by atomic mass is 9.94. The molecule has 0 bridgehead atoms. The third-order valence-electron chi connectivity index (χ3n) is 4.83. The minimum Gasteiger partial charge on any atom is -0.475 e. The fourth-order valence-corrected chi connectivity index (χ4v) is 3.94. The Morgan fingerprint density at radius 2 is 2.03 bits per heavy atom. The van der Waals surface area contributed by atoms with Crippen LogP contribution >= 0.6 is 11.3 Å². The second-order valence-electron chi connectivity index (χ2n) is 7.34. The van der Waals surface area contributed by atoms with Crippen molar-refractivity contribution < 1.29 is 27.9 Å². The van der Waals surface area contributed by atoms with Gasteiger partial charge in [0, 0.05) is 47.9 Å². The second-order valence-corrected chi connectivity index (χ2v) is 8.12. The fraction of sp³-hybridized carbons (Fsp3) is 0.350. The smallest absolute Gasteiger partial charge is 0.475 e. The Labute approximate surface area is 189 Å². The van der Waals surface area contributed by atoms with Crippen molar-refractivity contribution in [3.63, 3.8) is 0 Å². The van der Waals surface area contributed by atoms with Crippen LogP contribution in [0.2, 0.25) is 0 Å². The van der Waals surface area contributed by atoms with E-state index in [2.05, 4.69) is 19.9 Å². The molecule has 1 aliphatic rings. The van der Waals surface area contributed by atoms with Crippen LogP contribution in [0.1, 0.15) is 40.8 Å². The van der Waals surface area contributed by atoms with Crippen LogP contribution in [0.15, 0.2) is 33.9 Å². The van der Waals surface area contributed by atoms with Crippen LogP contribution in [-0.4, -0.2) is 61.1 Å². The number of carbonyl (C=O) groups is 2. The van der Waals surface area contributed by atoms with Crippen molar-refractivity contribution in [1.29, 1.82) is 0 Å². The van der Waals surface area contributed by atoms with Gasteiger partial charge in [-0.15, -0.1) is 0 Å². The van der Waals surface area contributed by atoms with Gasteiger partial charge in [0.15, 0.2) is 5.82 Å². The predicted octanol–water partition coefficient (Wildman–Crippen LogP) is 3.18. The number of thiophene rings is 1. The summed E-state index contributed by atoms with van der Waals surface area (Å²) in [5.41, 5.74) is 2.34. The number of hydrogen-bond donors (Lipinski definition) is 3. The van der Waals surface area contributed by atoms with E-state index in [-0.39, 0.29) is 17.4 Å². The van der Waals surface area contributed by atoms with E-state index in [0.717, 1.165) is 29.8 Å². The molecule has 4 heterocycles. The number of likely N-dealkylation sites (tertiary alicyclic amines) is 1. The lowest BCUT2D eigenvalue weighted by molar-refractivity contribution is -0.192. The van der Waals surface area contributed by atoms with E-state index in [9.17, 15) is 22.8 Å². The van der Waals surface area contributed by atoms with Gasteiger partial charge in [0.05, 0.1) is 5.69 Å². The zero-order valence-corrected chi connectivity index (χ0v) is 18.2. The number of nitrogens with zero attached hydrogens (tertiary/aromatic N) is 3. The second kappa shape index (κ2) is 9.98. The number of aliphatic carboxylic acids is 1. The molecule has 4 rings (SSSR count). The van der Waals surface area contributed by atoms with Crippen molar-refractivity contribution >= 4 is 23.2 Å². The molecule has 3 N–H and O–H groups in total. The number of alkyl halides is 3. The number of halogens is 3. The van der Waals surface area contributed by atoms with Crippen LogP contribution in [0.5, 0.6) is 0 Å². The van der Waals surface area contributed by atoms with Crippen molar-refractivity contribution in [3.05, 3.63) is 56.7 Å². The highest BCUT2D eigenvalue weighted by atomic mass is 32.1. The number of nitrogens with one attached hydrogen (secondary N) is 2. The van der Waals surface area contributed by atoms with Gasteiger partial charge in [0.2, 0.25) is 0 Å². The number of H-pyrrole nitrogens is 2. The van der Waals surface area contributed by atoms with Crippen LogP contribution in [0.25, 0.3) is 11.4 Å². The van der Waals surface area contributed by atoms with E-state index in [0.29, 0.717) is 24.7 Å². The topological polar surface area (TPSA) is 132 Å². The van der Waals surface area contributed by atoms with Gasteiger partial charge in [-0.3, -0.25) is 9.59 Å². The highest BCUT2D eigenvalue weighted by Gasteiger charge is 2.38. The summed E-state index contributed by atoms with van der Waals surface area (Å²) in [6.07, 6.45) is -1.65. The zero-order chi connectivity index (χ0) is 24.2. The first-order chi connectivity index (χ1) is 15.5. The van der Waals surface area contributed by atoms with E-state index >= 15 is 0 Å². The summed E-state index contributed by atoms with van der Waals surface area (Å²) in [6, 6.07) is 3.48. The van der Waals surface area contributed by atoms with Gasteiger partial charge >= 0.3 is 12.1 Å². The average molecular weight is 483 g/mol. The molecule has 1 unspecified atom stereocenters. The lowest BCUT2D eigenvalue weighted by Crippen LogP contribution is -2.40. The van der Waals surface area contributed by atoms with Gasteiger partial charge in [-0.2, -0.15) is 24.5 Å². The molecule has 33 heavy (non-hydrogen) atoms. The Balaban J connectivity index is 0.000000383. The maximum Gasteiger partial charge on any atom is 0.490 e. The van der Waals surface area contributed by atoms with Gasteiger partial charge in [-0.05, 0) is 31.2 Å². The van der Waals surface area contributed by atoms with Gasteiger partial charge in [0.1, 0.15) is 5.82 Å². The molecule has 3 aromatic heterocycles. The van der Waals surface area contributed by atoms with E-state index in [4.69, 9.17) is 9.90 Å². The van der Waals surface area contributed by atoms with E-state index in [1.54, 1.807) is 28.5 Å². The molecule has 0 spiro atoms. The first kappa shape index (κ1) is 24.2. The molecule has 0 saturated carbocycles. The standard InChI is InChI=1S/C18H19N5O2S.C2HF3O2/c1-11-8-19-17(20-11)18(25)23-5-2-3-12(9-23)14-7-15(24)22-16(21-14)13-4-6-26-10-13;3-2(4,5)1(6)7/h4,6-8,10,12H,2-3,5,9H2,1H3,(H,19,20)(H,21,22,24);(H,6,7). The molecule has 0 aliphatic carbocycles. The number of aromatic amines is 2. The Hall–Kier alpha value is -3.48. The molecule has 1 atom stereocenters. The van der Waals surface area contributed by atoms with Crippen LogP contribution in [0.3, 0.4) is 0 Å². The maximum absolute atomic E-state index is 12.7. The molecule has 3 aromatic rings. The Kier molecular flexibility index (Phi) is 7.31. The number of aryl methyl sites for hydroxylation is 1. The number of carboxylic acid groups (broad SMARTS) is 1. The van der Waals surface area contributed by atoms with Gasteiger partial charge in [-0.25, -0.2) is 14.8 Å². The minimum atomic E-state index is -5.08. The Bertz CT molecular complexity index is 1170. The SMILES string of the molecule is Cc1cnc(C(=O)N2CCCC(c3cc(=O)[nH]c(-c4ccsc4)n3)C2)[nH]1.O=C(O)C(F)(F)F. The number of carbonyl (C=O) groups excluding carboxylic acids is 1. The van der Waals surface area contributed by atoms with Crippen LogP contribution in [0, 0.1) is 6.92 Å². The molecule has 0 aromatic carbocycles. The quantitative estimate of drug-likeness (QED) is 0.524. The zero-order valence-electron chi connectivity index (χ0n) is 17.3. The third-order valence-corrected chi connectivity index (χ3v) is 5.51. The summed E-state index contributed by atoms with van der Waals surface area (Å²) < 4.78 is 31.7. The lowest BCUT2D eigenvalue weighted by Gasteiger charge is -2.32. The molecular weight excluding hydrogens is 463 g/mol. The van der Waals surface area contributed by atoms with Crippen molar-refractivity contribution in [1.82, 2.24) is 24.8 Å². The van der Waals surface area contributed by atoms with Gasteiger partial charge < -0.3 is 20.0 Å². The van der Waals surface area contributed by atoms with Gasteiger partial charge in [0.25, 0.3) is 11.5 Å². The molecular formula is C20H20F3N5O4S. The number of aromatic nitrogens is 4. The third kappa shape index (κ3) is 6.28.